The molecule has 4 rings (SSSR count). The minimum atomic E-state index is -0.00117. The quantitative estimate of drug-likeness (QED) is 0.453. The third-order valence-corrected chi connectivity index (χ3v) is 6.10. The van der Waals surface area contributed by atoms with E-state index in [-0.39, 0.29) is 5.25 Å². The molecule has 25 heavy (non-hydrogen) atoms. The minimum absolute atomic E-state index is 0.00117. The topological polar surface area (TPSA) is 76.7 Å². The molecule has 6 nitrogen and oxygen atoms in total. The Hall–Kier alpha value is -2.23. The highest BCUT2D eigenvalue weighted by Gasteiger charge is 2.18. The first-order chi connectivity index (χ1) is 12.3. The lowest BCUT2D eigenvalue weighted by Gasteiger charge is -2.02. The zero-order valence-corrected chi connectivity index (χ0v) is 15.6. The van der Waals surface area contributed by atoms with E-state index >= 15 is 0 Å². The molecule has 4 aromatic rings. The molecule has 126 valence electrons. The first-order valence-corrected chi connectivity index (χ1v) is 10.0. The Morgan fingerprint density at radius 1 is 1.04 bits per heavy atom. The molecule has 0 spiro atoms. The molecule has 0 saturated carbocycles. The summed E-state index contributed by atoms with van der Waals surface area (Å²) in [6.07, 6.45) is 0. The number of nitrogens with zero attached hydrogens (tertiary/aromatic N) is 4. The van der Waals surface area contributed by atoms with Crippen molar-refractivity contribution >= 4 is 45.3 Å². The van der Waals surface area contributed by atoms with Crippen LogP contribution in [0.4, 0.5) is 10.8 Å². The summed E-state index contributed by atoms with van der Waals surface area (Å²) in [4.78, 5) is 0.973. The van der Waals surface area contributed by atoms with E-state index in [9.17, 15) is 0 Å². The fourth-order valence-electron chi connectivity index (χ4n) is 2.05. The summed E-state index contributed by atoms with van der Waals surface area (Å²) < 4.78 is 6.62. The summed E-state index contributed by atoms with van der Waals surface area (Å²) >= 11 is 4.63. The molecular formula is C16H13N5OS3. The zero-order valence-electron chi connectivity index (χ0n) is 13.1. The Labute approximate surface area is 156 Å². The van der Waals surface area contributed by atoms with E-state index in [1.807, 2.05) is 54.8 Å². The molecule has 0 bridgehead atoms. The average Bonchev–Trinajstić information content (AvgIpc) is 3.37. The van der Waals surface area contributed by atoms with Crippen LogP contribution in [0.1, 0.15) is 18.1 Å². The predicted molar refractivity (Wildman–Crippen MR) is 102 cm³/mol. The number of hydrogen-bond donors (Lipinski definition) is 1. The second-order valence-electron chi connectivity index (χ2n) is 5.05. The molecule has 0 aliphatic heterocycles. The molecular weight excluding hydrogens is 374 g/mol. The van der Waals surface area contributed by atoms with Crippen molar-refractivity contribution < 1.29 is 4.42 Å². The Bertz CT molecular complexity index is 936. The number of rotatable bonds is 6. The number of anilines is 2. The van der Waals surface area contributed by atoms with Gasteiger partial charge in [0.05, 0.1) is 10.1 Å². The second kappa shape index (κ2) is 7.34. The van der Waals surface area contributed by atoms with Gasteiger partial charge in [-0.2, -0.15) is 0 Å². The maximum atomic E-state index is 5.77. The monoisotopic (exact) mass is 387 g/mol. The molecule has 0 aliphatic rings. The molecule has 1 atom stereocenters. The zero-order chi connectivity index (χ0) is 17.1. The van der Waals surface area contributed by atoms with Crippen molar-refractivity contribution in [2.45, 2.75) is 16.5 Å². The van der Waals surface area contributed by atoms with Gasteiger partial charge in [-0.25, -0.2) is 0 Å². The van der Waals surface area contributed by atoms with E-state index in [4.69, 9.17) is 4.42 Å². The van der Waals surface area contributed by atoms with Crippen molar-refractivity contribution in [3.05, 3.63) is 53.7 Å². The number of para-hydroxylation sites is 1. The van der Waals surface area contributed by atoms with Crippen molar-refractivity contribution in [2.75, 3.05) is 5.32 Å². The normalized spacial score (nSPS) is 12.2. The second-order valence-corrected chi connectivity index (χ2v) is 8.56. The Kier molecular flexibility index (Phi) is 4.77. The first kappa shape index (κ1) is 16.2. The fraction of sp³-hybridized carbons (Fsp3) is 0.125. The lowest BCUT2D eigenvalue weighted by atomic mass is 10.3. The molecule has 9 heteroatoms. The molecule has 1 aromatic carbocycles. The lowest BCUT2D eigenvalue weighted by molar-refractivity contribution is 0.510. The molecule has 3 heterocycles. The summed E-state index contributed by atoms with van der Waals surface area (Å²) in [6.45, 7) is 2.02. The van der Waals surface area contributed by atoms with Crippen molar-refractivity contribution in [2.24, 2.45) is 0 Å². The first-order valence-electron chi connectivity index (χ1n) is 7.47. The van der Waals surface area contributed by atoms with Gasteiger partial charge in [-0.15, -0.1) is 31.7 Å². The van der Waals surface area contributed by atoms with Crippen LogP contribution in [0.5, 0.6) is 0 Å². The van der Waals surface area contributed by atoms with Gasteiger partial charge in [0.2, 0.25) is 11.0 Å². The largest absolute Gasteiger partial charge is 0.419 e. The summed E-state index contributed by atoms with van der Waals surface area (Å²) in [7, 11) is 0. The van der Waals surface area contributed by atoms with E-state index in [1.165, 1.54) is 11.3 Å². The fourth-order valence-corrected chi connectivity index (χ4v) is 4.64. The number of thioether (sulfide) groups is 1. The van der Waals surface area contributed by atoms with Crippen LogP contribution in [0.15, 0.2) is 56.6 Å². The molecule has 1 N–H and O–H groups in total. The van der Waals surface area contributed by atoms with Crippen LogP contribution < -0.4 is 5.32 Å². The minimum Gasteiger partial charge on any atom is -0.419 e. The summed E-state index contributed by atoms with van der Waals surface area (Å²) in [5.74, 6) is 1.14. The number of nitrogens with one attached hydrogen (secondary N) is 1. The van der Waals surface area contributed by atoms with Crippen molar-refractivity contribution in [3.8, 4) is 10.8 Å². The highest BCUT2D eigenvalue weighted by Crippen LogP contribution is 2.38. The summed E-state index contributed by atoms with van der Waals surface area (Å²) in [5.41, 5.74) is 0.987. The van der Waals surface area contributed by atoms with Crippen LogP contribution >= 0.6 is 34.4 Å². The van der Waals surface area contributed by atoms with Gasteiger partial charge < -0.3 is 9.73 Å². The Morgan fingerprint density at radius 3 is 2.72 bits per heavy atom. The molecule has 0 saturated heterocycles. The third-order valence-electron chi connectivity index (χ3n) is 3.23. The van der Waals surface area contributed by atoms with E-state index in [0.29, 0.717) is 11.8 Å². The van der Waals surface area contributed by atoms with Gasteiger partial charge in [0, 0.05) is 5.69 Å². The van der Waals surface area contributed by atoms with E-state index in [1.54, 1.807) is 23.1 Å². The Balaban J connectivity index is 1.42. The maximum absolute atomic E-state index is 5.77. The van der Waals surface area contributed by atoms with Crippen LogP contribution in [-0.2, 0) is 0 Å². The maximum Gasteiger partial charge on any atom is 0.257 e. The molecule has 0 fully saturated rings. The number of benzene rings is 1. The van der Waals surface area contributed by atoms with Crippen LogP contribution in [0.3, 0.4) is 0 Å². The molecule has 3 aromatic heterocycles. The SMILES string of the molecule is CC(Sc1nnc(Nc2ccccc2)s1)c1nnc(-c2cccs2)o1. The highest BCUT2D eigenvalue weighted by atomic mass is 32.2. The van der Waals surface area contributed by atoms with Gasteiger partial charge >= 0.3 is 0 Å². The third kappa shape index (κ3) is 3.89. The van der Waals surface area contributed by atoms with Crippen molar-refractivity contribution in [1.82, 2.24) is 20.4 Å². The van der Waals surface area contributed by atoms with Crippen LogP contribution in [0.25, 0.3) is 10.8 Å². The average molecular weight is 388 g/mol. The molecule has 1 unspecified atom stereocenters. The van der Waals surface area contributed by atoms with Crippen molar-refractivity contribution in [3.63, 3.8) is 0 Å². The van der Waals surface area contributed by atoms with E-state index < -0.39 is 0 Å². The molecule has 0 radical (unpaired) electrons. The highest BCUT2D eigenvalue weighted by molar-refractivity contribution is 8.01. The van der Waals surface area contributed by atoms with Gasteiger partial charge in [-0.3, -0.25) is 0 Å². The van der Waals surface area contributed by atoms with E-state index in [0.717, 1.165) is 20.0 Å². The van der Waals surface area contributed by atoms with E-state index in [2.05, 4.69) is 25.7 Å². The van der Waals surface area contributed by atoms with Crippen LogP contribution in [-0.4, -0.2) is 20.4 Å². The van der Waals surface area contributed by atoms with Crippen molar-refractivity contribution in [1.29, 1.82) is 0 Å². The standard InChI is InChI=1S/C16H13N5OS3/c1-10(13-18-19-14(22-13)12-8-5-9-23-12)24-16-21-20-15(25-16)17-11-6-3-2-4-7-11/h2-10H,1H3,(H,17,20). The predicted octanol–water partition coefficient (Wildman–Crippen LogP) is 5.25. The summed E-state index contributed by atoms with van der Waals surface area (Å²) in [5, 5.41) is 22.6. The van der Waals surface area contributed by atoms with Crippen LogP contribution in [0.2, 0.25) is 0 Å². The lowest BCUT2D eigenvalue weighted by Crippen LogP contribution is -1.88. The number of aromatic nitrogens is 4. The van der Waals surface area contributed by atoms with Gasteiger partial charge in [0.1, 0.15) is 0 Å². The molecule has 0 aliphatic carbocycles. The smallest absolute Gasteiger partial charge is 0.257 e. The van der Waals surface area contributed by atoms with Gasteiger partial charge in [-0.1, -0.05) is 47.4 Å². The summed E-state index contributed by atoms with van der Waals surface area (Å²) in [6, 6.07) is 13.8. The van der Waals surface area contributed by atoms with Crippen LogP contribution in [0, 0.1) is 0 Å². The number of hydrogen-bond acceptors (Lipinski definition) is 9. The number of thiophene rings is 1. The van der Waals surface area contributed by atoms with Gasteiger partial charge in [0.15, 0.2) is 4.34 Å². The molecule has 0 amide bonds. The van der Waals surface area contributed by atoms with Gasteiger partial charge in [-0.05, 0) is 30.5 Å². The Morgan fingerprint density at radius 2 is 1.92 bits per heavy atom. The van der Waals surface area contributed by atoms with Gasteiger partial charge in [0.25, 0.3) is 5.89 Å².